The number of hydrogen-bond donors (Lipinski definition) is 1. The molecule has 2 rings (SSSR count). The molecule has 1 aromatic rings. The molecule has 1 fully saturated rings. The van der Waals surface area contributed by atoms with E-state index in [9.17, 15) is 0 Å². The van der Waals surface area contributed by atoms with Crippen LogP contribution in [0.3, 0.4) is 0 Å². The molecule has 21 heavy (non-hydrogen) atoms. The van der Waals surface area contributed by atoms with Gasteiger partial charge in [0.25, 0.3) is 0 Å². The lowest BCUT2D eigenvalue weighted by Gasteiger charge is -2.23. The van der Waals surface area contributed by atoms with E-state index in [4.69, 9.17) is 0 Å². The highest BCUT2D eigenvalue weighted by Crippen LogP contribution is 2.23. The Morgan fingerprint density at radius 1 is 1.29 bits per heavy atom. The lowest BCUT2D eigenvalue weighted by atomic mass is 10.2. The van der Waals surface area contributed by atoms with Crippen LogP contribution in [0.1, 0.15) is 44.4 Å². The summed E-state index contributed by atoms with van der Waals surface area (Å²) < 4.78 is 0. The second-order valence-electron chi connectivity index (χ2n) is 5.88. The van der Waals surface area contributed by atoms with Gasteiger partial charge >= 0.3 is 0 Å². The van der Waals surface area contributed by atoms with Crippen LogP contribution in [0.15, 0.2) is 6.20 Å². The summed E-state index contributed by atoms with van der Waals surface area (Å²) in [5.41, 5.74) is 0. The predicted molar refractivity (Wildman–Crippen MR) is 92.3 cm³/mol. The molecule has 4 nitrogen and oxygen atoms in total. The average Bonchev–Trinajstić information content (AvgIpc) is 3.16. The third-order valence-corrected chi connectivity index (χ3v) is 5.52. The first-order chi connectivity index (χ1) is 10.2. The molecule has 1 aromatic heterocycles. The highest BCUT2D eigenvalue weighted by Gasteiger charge is 2.18. The molecule has 1 heterocycles. The van der Waals surface area contributed by atoms with Gasteiger partial charge in [0.15, 0.2) is 5.13 Å². The number of thiazole rings is 1. The summed E-state index contributed by atoms with van der Waals surface area (Å²) in [6.07, 6.45) is 7.62. The highest BCUT2D eigenvalue weighted by atomic mass is 32.1. The van der Waals surface area contributed by atoms with E-state index in [1.807, 2.05) is 17.5 Å². The van der Waals surface area contributed by atoms with Crippen LogP contribution in [0.25, 0.3) is 0 Å². The second-order valence-corrected chi connectivity index (χ2v) is 6.97. The number of aromatic nitrogens is 1. The zero-order chi connectivity index (χ0) is 15.1. The largest absolute Gasteiger partial charge is 0.349 e. The van der Waals surface area contributed by atoms with Gasteiger partial charge in [0.1, 0.15) is 0 Å². The Morgan fingerprint density at radius 2 is 2.00 bits per heavy atom. The van der Waals surface area contributed by atoms with Crippen LogP contribution in [0, 0.1) is 0 Å². The molecule has 0 unspecified atom stereocenters. The van der Waals surface area contributed by atoms with Crippen LogP contribution in [-0.4, -0.2) is 49.2 Å². The van der Waals surface area contributed by atoms with Crippen LogP contribution >= 0.6 is 11.3 Å². The fourth-order valence-electron chi connectivity index (χ4n) is 3.01. The molecule has 0 aliphatic heterocycles. The Hall–Kier alpha value is -0.650. The SMILES string of the molecule is CCN(CC)c1ncc(CNCCN(C)C2CCCC2)s1. The first kappa shape index (κ1) is 16.7. The molecule has 0 aromatic carbocycles. The van der Waals surface area contributed by atoms with Gasteiger partial charge in [-0.25, -0.2) is 4.98 Å². The number of nitrogens with zero attached hydrogens (tertiary/aromatic N) is 3. The molecule has 5 heteroatoms. The van der Waals surface area contributed by atoms with Crippen molar-refractivity contribution >= 4 is 16.5 Å². The lowest BCUT2D eigenvalue weighted by molar-refractivity contribution is 0.245. The quantitative estimate of drug-likeness (QED) is 0.711. The Bertz CT molecular complexity index is 397. The zero-order valence-electron chi connectivity index (χ0n) is 13.8. The smallest absolute Gasteiger partial charge is 0.185 e. The normalized spacial score (nSPS) is 16.0. The van der Waals surface area contributed by atoms with E-state index >= 15 is 0 Å². The number of rotatable bonds is 9. The number of likely N-dealkylation sites (N-methyl/N-ethyl adjacent to an activating group) is 1. The van der Waals surface area contributed by atoms with E-state index in [0.29, 0.717) is 0 Å². The predicted octanol–water partition coefficient (Wildman–Crippen LogP) is 2.95. The molecular weight excluding hydrogens is 280 g/mol. The van der Waals surface area contributed by atoms with Crippen molar-refractivity contribution in [2.45, 2.75) is 52.1 Å². The molecule has 0 atom stereocenters. The Kier molecular flexibility index (Phi) is 6.93. The Labute approximate surface area is 133 Å². The van der Waals surface area contributed by atoms with E-state index in [1.165, 1.54) is 30.6 Å². The number of hydrogen-bond acceptors (Lipinski definition) is 5. The topological polar surface area (TPSA) is 31.4 Å². The molecule has 1 N–H and O–H groups in total. The summed E-state index contributed by atoms with van der Waals surface area (Å²) in [5.74, 6) is 0. The van der Waals surface area contributed by atoms with Crippen molar-refractivity contribution in [3.63, 3.8) is 0 Å². The second kappa shape index (κ2) is 8.71. The van der Waals surface area contributed by atoms with Gasteiger partial charge in [-0.2, -0.15) is 0 Å². The molecule has 0 saturated heterocycles. The minimum atomic E-state index is 0.824. The van der Waals surface area contributed by atoms with Gasteiger partial charge in [0.2, 0.25) is 0 Å². The monoisotopic (exact) mass is 310 g/mol. The molecule has 0 amide bonds. The van der Waals surface area contributed by atoms with E-state index < -0.39 is 0 Å². The van der Waals surface area contributed by atoms with Crippen molar-refractivity contribution < 1.29 is 0 Å². The van der Waals surface area contributed by atoms with Crippen LogP contribution in [0.4, 0.5) is 5.13 Å². The van der Waals surface area contributed by atoms with Gasteiger partial charge in [-0.05, 0) is 33.7 Å². The maximum absolute atomic E-state index is 4.53. The van der Waals surface area contributed by atoms with Gasteiger partial charge in [-0.15, -0.1) is 11.3 Å². The van der Waals surface area contributed by atoms with Crippen molar-refractivity contribution in [1.29, 1.82) is 0 Å². The molecular formula is C16H30N4S. The maximum atomic E-state index is 4.53. The first-order valence-electron chi connectivity index (χ1n) is 8.35. The van der Waals surface area contributed by atoms with E-state index in [1.54, 1.807) is 0 Å². The van der Waals surface area contributed by atoms with Gasteiger partial charge in [-0.1, -0.05) is 12.8 Å². The van der Waals surface area contributed by atoms with Crippen molar-refractivity contribution in [1.82, 2.24) is 15.2 Å². The summed E-state index contributed by atoms with van der Waals surface area (Å²) in [7, 11) is 2.27. The van der Waals surface area contributed by atoms with Crippen molar-refractivity contribution in [2.24, 2.45) is 0 Å². The molecule has 1 aliphatic rings. The molecule has 1 saturated carbocycles. The third kappa shape index (κ3) is 4.94. The zero-order valence-corrected chi connectivity index (χ0v) is 14.6. The Balaban J connectivity index is 1.66. The van der Waals surface area contributed by atoms with Crippen LogP contribution in [-0.2, 0) is 6.54 Å². The van der Waals surface area contributed by atoms with Crippen LogP contribution in [0.5, 0.6) is 0 Å². The summed E-state index contributed by atoms with van der Waals surface area (Å²) in [6, 6.07) is 0.824. The summed E-state index contributed by atoms with van der Waals surface area (Å²) >= 11 is 1.81. The van der Waals surface area contributed by atoms with Crippen molar-refractivity contribution in [3.8, 4) is 0 Å². The minimum absolute atomic E-state index is 0.824. The average molecular weight is 311 g/mol. The van der Waals surface area contributed by atoms with E-state index in [0.717, 1.165) is 43.9 Å². The fraction of sp³-hybridized carbons (Fsp3) is 0.812. The molecule has 0 radical (unpaired) electrons. The lowest BCUT2D eigenvalue weighted by Crippen LogP contribution is -2.35. The molecule has 1 aliphatic carbocycles. The Morgan fingerprint density at radius 3 is 2.67 bits per heavy atom. The minimum Gasteiger partial charge on any atom is -0.349 e. The van der Waals surface area contributed by atoms with E-state index in [2.05, 4.69) is 41.0 Å². The maximum Gasteiger partial charge on any atom is 0.185 e. The van der Waals surface area contributed by atoms with Crippen molar-refractivity contribution in [2.75, 3.05) is 38.1 Å². The number of anilines is 1. The van der Waals surface area contributed by atoms with Gasteiger partial charge < -0.3 is 15.1 Å². The summed E-state index contributed by atoms with van der Waals surface area (Å²) in [5, 5.41) is 4.71. The van der Waals surface area contributed by atoms with Crippen molar-refractivity contribution in [3.05, 3.63) is 11.1 Å². The first-order valence-corrected chi connectivity index (χ1v) is 9.16. The van der Waals surface area contributed by atoms with E-state index in [-0.39, 0.29) is 0 Å². The molecule has 120 valence electrons. The third-order valence-electron chi connectivity index (χ3n) is 4.46. The van der Waals surface area contributed by atoms with Crippen LogP contribution in [0.2, 0.25) is 0 Å². The van der Waals surface area contributed by atoms with Gasteiger partial charge in [0, 0.05) is 49.8 Å². The molecule has 0 bridgehead atoms. The summed E-state index contributed by atoms with van der Waals surface area (Å²) in [6.45, 7) is 9.57. The summed E-state index contributed by atoms with van der Waals surface area (Å²) in [4.78, 5) is 10.7. The fourth-order valence-corrected chi connectivity index (χ4v) is 4.02. The standard InChI is InChI=1S/C16H30N4S/c1-4-20(5-2)16-18-13-15(21-16)12-17-10-11-19(3)14-8-6-7-9-14/h13-14,17H,4-12H2,1-3H3. The van der Waals surface area contributed by atoms with Crippen LogP contribution < -0.4 is 10.2 Å². The number of nitrogens with one attached hydrogen (secondary N) is 1. The van der Waals surface area contributed by atoms with Gasteiger partial charge in [0.05, 0.1) is 0 Å². The molecule has 0 spiro atoms. The van der Waals surface area contributed by atoms with Gasteiger partial charge in [-0.3, -0.25) is 0 Å². The highest BCUT2D eigenvalue weighted by molar-refractivity contribution is 7.15.